The number of piperazine rings is 1. The number of fused-ring (bicyclic) bond motifs is 3. The van der Waals surface area contributed by atoms with Gasteiger partial charge in [-0.1, -0.05) is 0 Å². The van der Waals surface area contributed by atoms with E-state index in [2.05, 4.69) is 25.6 Å². The van der Waals surface area contributed by atoms with Crippen molar-refractivity contribution in [2.45, 2.75) is 25.0 Å². The number of aryl methyl sites for hydroxylation is 1. The van der Waals surface area contributed by atoms with Crippen LogP contribution < -0.4 is 10.6 Å². The van der Waals surface area contributed by atoms with Gasteiger partial charge in [-0.3, -0.25) is 19.4 Å². The number of pyridine rings is 1. The first kappa shape index (κ1) is 16.9. The molecule has 28 heavy (non-hydrogen) atoms. The third-order valence-electron chi connectivity index (χ3n) is 5.51. The van der Waals surface area contributed by atoms with Gasteiger partial charge in [0, 0.05) is 38.6 Å². The quantitative estimate of drug-likeness (QED) is 0.809. The van der Waals surface area contributed by atoms with Gasteiger partial charge < -0.3 is 15.5 Å². The van der Waals surface area contributed by atoms with Crippen LogP contribution in [-0.4, -0.2) is 62.2 Å². The number of anilines is 1. The van der Waals surface area contributed by atoms with E-state index >= 15 is 0 Å². The third-order valence-corrected chi connectivity index (χ3v) is 5.51. The maximum atomic E-state index is 12.5. The lowest BCUT2D eigenvalue weighted by atomic mass is 10.1. The molecule has 5 rings (SSSR count). The number of amides is 1. The fourth-order valence-corrected chi connectivity index (χ4v) is 4.05. The first-order valence-electron chi connectivity index (χ1n) is 9.40. The van der Waals surface area contributed by atoms with Crippen LogP contribution in [0.2, 0.25) is 0 Å². The van der Waals surface area contributed by atoms with Crippen LogP contribution >= 0.6 is 0 Å². The van der Waals surface area contributed by atoms with Crippen molar-refractivity contribution in [1.29, 1.82) is 0 Å². The van der Waals surface area contributed by atoms with Gasteiger partial charge in [-0.15, -0.1) is 0 Å². The van der Waals surface area contributed by atoms with Gasteiger partial charge in [0.05, 0.1) is 35.5 Å². The molecule has 0 aliphatic carbocycles. The number of rotatable bonds is 2. The van der Waals surface area contributed by atoms with Gasteiger partial charge >= 0.3 is 0 Å². The van der Waals surface area contributed by atoms with Gasteiger partial charge in [-0.25, -0.2) is 4.99 Å². The number of hydrogen-bond donors (Lipinski definition) is 2. The predicted octanol–water partition coefficient (Wildman–Crippen LogP) is 0.957. The van der Waals surface area contributed by atoms with E-state index in [9.17, 15) is 4.79 Å². The van der Waals surface area contributed by atoms with Crippen molar-refractivity contribution >= 4 is 17.6 Å². The maximum Gasteiger partial charge on any atom is 0.244 e. The average molecular weight is 378 g/mol. The molecule has 3 aliphatic heterocycles. The lowest BCUT2D eigenvalue weighted by Gasteiger charge is -2.42. The lowest BCUT2D eigenvalue weighted by molar-refractivity contribution is -0.137. The Balaban J connectivity index is 1.35. The molecule has 9 heteroatoms. The summed E-state index contributed by atoms with van der Waals surface area (Å²) in [4.78, 5) is 25.8. The summed E-state index contributed by atoms with van der Waals surface area (Å²) >= 11 is 0. The number of nitrogens with zero attached hydrogens (tertiary/aromatic N) is 6. The van der Waals surface area contributed by atoms with Crippen molar-refractivity contribution in [2.75, 3.05) is 18.9 Å². The Bertz CT molecular complexity index is 976. The predicted molar refractivity (Wildman–Crippen MR) is 105 cm³/mol. The molecule has 3 aliphatic rings. The molecule has 2 N–H and O–H groups in total. The highest BCUT2D eigenvalue weighted by Crippen LogP contribution is 2.33. The Morgan fingerprint density at radius 1 is 1.25 bits per heavy atom. The minimum absolute atomic E-state index is 0.0596. The number of nitrogens with one attached hydrogen (secondary N) is 2. The number of aliphatic imine (C=N–C) groups is 1. The van der Waals surface area contributed by atoms with Crippen molar-refractivity contribution in [3.05, 3.63) is 42.6 Å². The van der Waals surface area contributed by atoms with Crippen LogP contribution in [0.15, 0.2) is 47.6 Å². The summed E-state index contributed by atoms with van der Waals surface area (Å²) in [6, 6.07) is 3.86. The summed E-state index contributed by atoms with van der Waals surface area (Å²) in [6.45, 7) is 0.893. The maximum absolute atomic E-state index is 12.5. The molecule has 2 unspecified atom stereocenters. The third kappa shape index (κ3) is 2.75. The van der Waals surface area contributed by atoms with Gasteiger partial charge in [0.1, 0.15) is 6.17 Å². The Labute approximate surface area is 162 Å². The molecule has 0 saturated carbocycles. The van der Waals surface area contributed by atoms with E-state index in [4.69, 9.17) is 4.99 Å². The normalized spacial score (nSPS) is 24.2. The van der Waals surface area contributed by atoms with Crippen LogP contribution in [0, 0.1) is 0 Å². The first-order valence-corrected chi connectivity index (χ1v) is 9.40. The zero-order valence-electron chi connectivity index (χ0n) is 15.8. The van der Waals surface area contributed by atoms with Gasteiger partial charge in [0.2, 0.25) is 11.9 Å². The van der Waals surface area contributed by atoms with Crippen LogP contribution in [0.3, 0.4) is 0 Å². The van der Waals surface area contributed by atoms with Crippen LogP contribution in [0.1, 0.15) is 12.8 Å². The highest BCUT2D eigenvalue weighted by molar-refractivity contribution is 5.96. The van der Waals surface area contributed by atoms with E-state index in [0.29, 0.717) is 5.96 Å². The Kier molecular flexibility index (Phi) is 3.90. The van der Waals surface area contributed by atoms with Crippen LogP contribution in [0.25, 0.3) is 11.3 Å². The van der Waals surface area contributed by atoms with Crippen molar-refractivity contribution in [3.63, 3.8) is 0 Å². The van der Waals surface area contributed by atoms with Crippen molar-refractivity contribution in [3.8, 4) is 11.3 Å². The van der Waals surface area contributed by atoms with E-state index in [0.717, 1.165) is 42.0 Å². The van der Waals surface area contributed by atoms with E-state index in [-0.39, 0.29) is 18.1 Å². The molecule has 9 nitrogen and oxygen atoms in total. The SMILES string of the molecule is CN1C(=O)C2CCCN2C2N=C(Nc3ccc(-c4cnn(C)c4)nc3)NC=C21. The molecule has 1 amide bonds. The average Bonchev–Trinajstić information content (AvgIpc) is 3.36. The van der Waals surface area contributed by atoms with Crippen LogP contribution in [0.5, 0.6) is 0 Å². The molecule has 5 heterocycles. The smallest absolute Gasteiger partial charge is 0.244 e. The highest BCUT2D eigenvalue weighted by Gasteiger charge is 2.45. The van der Waals surface area contributed by atoms with Gasteiger partial charge in [-0.05, 0) is 25.0 Å². The van der Waals surface area contributed by atoms with Crippen molar-refractivity contribution < 1.29 is 4.79 Å². The standard InChI is InChI=1S/C19H22N8O/c1-25-11-12(8-22-25)14-6-5-13(9-20-14)23-19-21-10-16-17(24-19)27-7-3-4-15(27)18(28)26(16)2/h5-6,8-11,15,17H,3-4,7H2,1-2H3,(H2,21,23,24). The Hall–Kier alpha value is -3.20. The summed E-state index contributed by atoms with van der Waals surface area (Å²) in [5, 5.41) is 10.6. The van der Waals surface area contributed by atoms with Gasteiger partial charge in [0.25, 0.3) is 0 Å². The lowest BCUT2D eigenvalue weighted by Crippen LogP contribution is -2.58. The second kappa shape index (κ2) is 6.45. The van der Waals surface area contributed by atoms with E-state index in [1.165, 1.54) is 0 Å². The summed E-state index contributed by atoms with van der Waals surface area (Å²) in [6.07, 6.45) is 9.16. The summed E-state index contributed by atoms with van der Waals surface area (Å²) in [5.74, 6) is 0.807. The van der Waals surface area contributed by atoms with Crippen LogP contribution in [-0.2, 0) is 11.8 Å². The number of carbonyl (C=O) groups is 1. The zero-order chi connectivity index (χ0) is 19.3. The number of hydrogen-bond acceptors (Lipinski definition) is 7. The summed E-state index contributed by atoms with van der Waals surface area (Å²) in [7, 11) is 3.71. The number of likely N-dealkylation sites (N-methyl/N-ethyl adjacent to an activating group) is 1. The molecule has 0 aromatic carbocycles. The molecule has 144 valence electrons. The van der Waals surface area contributed by atoms with Gasteiger partial charge in [0.15, 0.2) is 0 Å². The monoisotopic (exact) mass is 378 g/mol. The fourth-order valence-electron chi connectivity index (χ4n) is 4.05. The van der Waals surface area contributed by atoms with E-state index < -0.39 is 0 Å². The highest BCUT2D eigenvalue weighted by atomic mass is 16.2. The second-order valence-electron chi connectivity index (χ2n) is 7.32. The molecule has 0 spiro atoms. The number of guanidine groups is 1. The molecule has 2 aromatic rings. The molecule has 2 saturated heterocycles. The molecule has 2 fully saturated rings. The van der Waals surface area contributed by atoms with E-state index in [1.807, 2.05) is 38.6 Å². The number of aromatic nitrogens is 3. The number of carbonyl (C=O) groups excluding carboxylic acids is 1. The molecular weight excluding hydrogens is 356 g/mol. The van der Waals surface area contributed by atoms with Gasteiger partial charge in [-0.2, -0.15) is 5.10 Å². The molecule has 2 atom stereocenters. The summed E-state index contributed by atoms with van der Waals surface area (Å²) in [5.41, 5.74) is 3.57. The fraction of sp³-hybridized carbons (Fsp3) is 0.368. The van der Waals surface area contributed by atoms with Crippen LogP contribution in [0.4, 0.5) is 5.69 Å². The van der Waals surface area contributed by atoms with Crippen molar-refractivity contribution in [2.24, 2.45) is 12.0 Å². The first-order chi connectivity index (χ1) is 13.6. The second-order valence-corrected chi connectivity index (χ2v) is 7.32. The molecule has 2 aromatic heterocycles. The Morgan fingerprint density at radius 3 is 2.89 bits per heavy atom. The molecule has 0 radical (unpaired) electrons. The topological polar surface area (TPSA) is 90.7 Å². The summed E-state index contributed by atoms with van der Waals surface area (Å²) < 4.78 is 1.76. The Morgan fingerprint density at radius 2 is 2.14 bits per heavy atom. The minimum atomic E-state index is -0.137. The molecule has 0 bridgehead atoms. The van der Waals surface area contributed by atoms with E-state index in [1.54, 1.807) is 22.0 Å². The largest absolute Gasteiger partial charge is 0.331 e. The zero-order valence-corrected chi connectivity index (χ0v) is 15.8. The molecular formula is C19H22N8O. The minimum Gasteiger partial charge on any atom is -0.331 e. The van der Waals surface area contributed by atoms with Crippen molar-refractivity contribution in [1.82, 2.24) is 29.9 Å².